The standard InChI is InChI=1S/C18H24ClN3O2/c1-2-3-4-15(11-20)22-17(23)9-10-18-21-12-16(24-18)13-5-7-14(19)8-6-13/h5-8,12,15H,2-4,9-11,20H2,1H3,(H,22,23). The van der Waals surface area contributed by atoms with Crippen LogP contribution in [0.4, 0.5) is 0 Å². The molecule has 0 aliphatic carbocycles. The Hall–Kier alpha value is -1.85. The lowest BCUT2D eigenvalue weighted by atomic mass is 10.1. The fourth-order valence-electron chi connectivity index (χ4n) is 2.39. The van der Waals surface area contributed by atoms with E-state index < -0.39 is 0 Å². The van der Waals surface area contributed by atoms with Gasteiger partial charge in [-0.1, -0.05) is 31.4 Å². The fraction of sp³-hybridized carbons (Fsp3) is 0.444. The maximum absolute atomic E-state index is 12.0. The maximum Gasteiger partial charge on any atom is 0.220 e. The summed E-state index contributed by atoms with van der Waals surface area (Å²) < 4.78 is 5.70. The molecule has 1 aromatic heterocycles. The van der Waals surface area contributed by atoms with Crippen LogP contribution < -0.4 is 11.1 Å². The lowest BCUT2D eigenvalue weighted by Crippen LogP contribution is -2.40. The molecule has 1 heterocycles. The number of hydrogen-bond acceptors (Lipinski definition) is 4. The second-order valence-corrected chi connectivity index (χ2v) is 6.20. The SMILES string of the molecule is CCCCC(CN)NC(=O)CCc1ncc(-c2ccc(Cl)cc2)o1. The number of halogens is 1. The minimum Gasteiger partial charge on any atom is -0.441 e. The Morgan fingerprint density at radius 3 is 2.79 bits per heavy atom. The van der Waals surface area contributed by atoms with Crippen molar-refractivity contribution >= 4 is 17.5 Å². The number of nitrogens with zero attached hydrogens (tertiary/aromatic N) is 1. The third-order valence-corrected chi connectivity index (χ3v) is 4.06. The first-order valence-corrected chi connectivity index (χ1v) is 8.70. The highest BCUT2D eigenvalue weighted by Gasteiger charge is 2.12. The summed E-state index contributed by atoms with van der Waals surface area (Å²) >= 11 is 5.87. The van der Waals surface area contributed by atoms with Gasteiger partial charge in [0.15, 0.2) is 11.7 Å². The van der Waals surface area contributed by atoms with Gasteiger partial charge in [-0.3, -0.25) is 4.79 Å². The Kier molecular flexibility index (Phi) is 7.28. The lowest BCUT2D eigenvalue weighted by molar-refractivity contribution is -0.121. The van der Waals surface area contributed by atoms with Crippen molar-refractivity contribution in [2.75, 3.05) is 6.54 Å². The topological polar surface area (TPSA) is 81.1 Å². The molecule has 6 heteroatoms. The van der Waals surface area contributed by atoms with Gasteiger partial charge in [0.25, 0.3) is 0 Å². The Bertz CT molecular complexity index is 640. The number of amides is 1. The van der Waals surface area contributed by atoms with Crippen LogP contribution in [0.3, 0.4) is 0 Å². The van der Waals surface area contributed by atoms with E-state index in [0.29, 0.717) is 36.1 Å². The number of aryl methyl sites for hydroxylation is 1. The van der Waals surface area contributed by atoms with Crippen LogP contribution >= 0.6 is 11.6 Å². The van der Waals surface area contributed by atoms with Crippen LogP contribution in [-0.2, 0) is 11.2 Å². The molecule has 0 aliphatic heterocycles. The van der Waals surface area contributed by atoms with Gasteiger partial charge in [-0.25, -0.2) is 4.98 Å². The largest absolute Gasteiger partial charge is 0.441 e. The van der Waals surface area contributed by atoms with Crippen molar-refractivity contribution in [1.82, 2.24) is 10.3 Å². The van der Waals surface area contributed by atoms with E-state index in [-0.39, 0.29) is 11.9 Å². The number of nitrogens with one attached hydrogen (secondary N) is 1. The zero-order valence-electron chi connectivity index (χ0n) is 13.9. The maximum atomic E-state index is 12.0. The van der Waals surface area contributed by atoms with Crippen LogP contribution in [-0.4, -0.2) is 23.5 Å². The summed E-state index contributed by atoms with van der Waals surface area (Å²) in [5.74, 6) is 1.20. The average Bonchev–Trinajstić information content (AvgIpc) is 3.06. The van der Waals surface area contributed by atoms with Crippen LogP contribution in [0.15, 0.2) is 34.9 Å². The van der Waals surface area contributed by atoms with Gasteiger partial charge in [0.05, 0.1) is 6.20 Å². The summed E-state index contributed by atoms with van der Waals surface area (Å²) in [6, 6.07) is 7.40. The summed E-state index contributed by atoms with van der Waals surface area (Å²) in [6.45, 7) is 2.59. The van der Waals surface area contributed by atoms with E-state index in [1.165, 1.54) is 0 Å². The minimum absolute atomic E-state index is 0.0206. The number of hydrogen-bond donors (Lipinski definition) is 2. The number of unbranched alkanes of at least 4 members (excludes halogenated alkanes) is 1. The van der Waals surface area contributed by atoms with Gasteiger partial charge in [0.1, 0.15) is 0 Å². The molecule has 1 unspecified atom stereocenters. The van der Waals surface area contributed by atoms with Crippen LogP contribution in [0.5, 0.6) is 0 Å². The number of aromatic nitrogens is 1. The van der Waals surface area contributed by atoms with Gasteiger partial charge in [-0.15, -0.1) is 0 Å². The zero-order chi connectivity index (χ0) is 17.4. The summed E-state index contributed by atoms with van der Waals surface area (Å²) in [5, 5.41) is 3.64. The predicted molar refractivity (Wildman–Crippen MR) is 95.8 cm³/mol. The minimum atomic E-state index is -0.0206. The van der Waals surface area contributed by atoms with Gasteiger partial charge in [-0.05, 0) is 30.7 Å². The molecule has 0 saturated heterocycles. The molecule has 1 atom stereocenters. The van der Waals surface area contributed by atoms with Crippen molar-refractivity contribution < 1.29 is 9.21 Å². The highest BCUT2D eigenvalue weighted by Crippen LogP contribution is 2.22. The molecule has 0 radical (unpaired) electrons. The van der Waals surface area contributed by atoms with Gasteiger partial charge in [0, 0.05) is 36.0 Å². The highest BCUT2D eigenvalue weighted by molar-refractivity contribution is 6.30. The number of carbonyl (C=O) groups excluding carboxylic acids is 1. The summed E-state index contributed by atoms with van der Waals surface area (Å²) in [4.78, 5) is 16.2. The average molecular weight is 350 g/mol. The third kappa shape index (κ3) is 5.65. The van der Waals surface area contributed by atoms with Gasteiger partial charge in [0.2, 0.25) is 5.91 Å². The normalized spacial score (nSPS) is 12.1. The van der Waals surface area contributed by atoms with E-state index in [2.05, 4.69) is 17.2 Å². The molecule has 1 aromatic carbocycles. The Labute approximate surface area is 147 Å². The molecule has 2 aromatic rings. The van der Waals surface area contributed by atoms with E-state index in [0.717, 1.165) is 24.8 Å². The summed E-state index contributed by atoms with van der Waals surface area (Å²) in [6.07, 6.45) is 5.54. The van der Waals surface area contributed by atoms with E-state index in [9.17, 15) is 4.79 Å². The van der Waals surface area contributed by atoms with Crippen molar-refractivity contribution in [3.8, 4) is 11.3 Å². The number of nitrogens with two attached hydrogens (primary N) is 1. The molecule has 5 nitrogen and oxygen atoms in total. The molecular weight excluding hydrogens is 326 g/mol. The first-order chi connectivity index (χ1) is 11.6. The van der Waals surface area contributed by atoms with Gasteiger partial charge in [-0.2, -0.15) is 0 Å². The molecule has 24 heavy (non-hydrogen) atoms. The van der Waals surface area contributed by atoms with E-state index in [1.54, 1.807) is 18.3 Å². The molecule has 3 N–H and O–H groups in total. The van der Waals surface area contributed by atoms with E-state index >= 15 is 0 Å². The monoisotopic (exact) mass is 349 g/mol. The van der Waals surface area contributed by atoms with Crippen LogP contribution in [0.2, 0.25) is 5.02 Å². The molecule has 0 fully saturated rings. The van der Waals surface area contributed by atoms with Crippen LogP contribution in [0.1, 0.15) is 38.5 Å². The van der Waals surface area contributed by atoms with Gasteiger partial charge < -0.3 is 15.5 Å². The second-order valence-electron chi connectivity index (χ2n) is 5.77. The molecule has 1 amide bonds. The lowest BCUT2D eigenvalue weighted by Gasteiger charge is -2.16. The number of oxazole rings is 1. The van der Waals surface area contributed by atoms with Crippen molar-refractivity contribution in [3.63, 3.8) is 0 Å². The van der Waals surface area contributed by atoms with E-state index in [4.69, 9.17) is 21.8 Å². The quantitative estimate of drug-likeness (QED) is 0.725. The Morgan fingerprint density at radius 2 is 2.12 bits per heavy atom. The summed E-state index contributed by atoms with van der Waals surface area (Å²) in [7, 11) is 0. The molecule has 0 bridgehead atoms. The van der Waals surface area contributed by atoms with Crippen LogP contribution in [0.25, 0.3) is 11.3 Å². The fourth-order valence-corrected chi connectivity index (χ4v) is 2.52. The van der Waals surface area contributed by atoms with Crippen molar-refractivity contribution in [3.05, 3.63) is 41.4 Å². The predicted octanol–water partition coefficient (Wildman–Crippen LogP) is 3.56. The zero-order valence-corrected chi connectivity index (χ0v) is 14.7. The molecule has 0 spiro atoms. The second kappa shape index (κ2) is 9.45. The first kappa shape index (κ1) is 18.5. The molecular formula is C18H24ClN3O2. The number of benzene rings is 1. The molecule has 2 rings (SSSR count). The Balaban J connectivity index is 1.84. The molecule has 0 saturated carbocycles. The number of carbonyl (C=O) groups is 1. The summed E-state index contributed by atoms with van der Waals surface area (Å²) in [5.41, 5.74) is 6.60. The van der Waals surface area contributed by atoms with Crippen molar-refractivity contribution in [1.29, 1.82) is 0 Å². The molecule has 0 aliphatic rings. The number of rotatable bonds is 9. The first-order valence-electron chi connectivity index (χ1n) is 8.32. The molecule has 130 valence electrons. The van der Waals surface area contributed by atoms with Crippen LogP contribution in [0, 0.1) is 0 Å². The van der Waals surface area contributed by atoms with E-state index in [1.807, 2.05) is 12.1 Å². The Morgan fingerprint density at radius 1 is 1.38 bits per heavy atom. The smallest absolute Gasteiger partial charge is 0.220 e. The highest BCUT2D eigenvalue weighted by atomic mass is 35.5. The van der Waals surface area contributed by atoms with Crippen molar-refractivity contribution in [2.45, 2.75) is 45.1 Å². The van der Waals surface area contributed by atoms with Gasteiger partial charge >= 0.3 is 0 Å². The van der Waals surface area contributed by atoms with Crippen molar-refractivity contribution in [2.24, 2.45) is 5.73 Å². The third-order valence-electron chi connectivity index (χ3n) is 3.80.